The van der Waals surface area contributed by atoms with Gasteiger partial charge in [0.25, 0.3) is 12.5 Å². The Kier molecular flexibility index (Phi) is 6.36. The molecule has 0 aromatic carbocycles. The van der Waals surface area contributed by atoms with Gasteiger partial charge in [0, 0.05) is 0 Å². The van der Waals surface area contributed by atoms with Crippen LogP contribution < -0.4 is 10.1 Å². The number of halogens is 8. The van der Waals surface area contributed by atoms with Gasteiger partial charge in [-0.1, -0.05) is 0 Å². The average Bonchev–Trinajstić information content (AvgIpc) is 2.65. The summed E-state index contributed by atoms with van der Waals surface area (Å²) in [5.41, 5.74) is -1.41. The number of aromatic nitrogens is 1. The van der Waals surface area contributed by atoms with Crippen molar-refractivity contribution in [3.05, 3.63) is 24.0 Å². The van der Waals surface area contributed by atoms with Crippen molar-refractivity contribution in [2.45, 2.75) is 50.2 Å². The summed E-state index contributed by atoms with van der Waals surface area (Å²) in [6.45, 7) is 0.840. The summed E-state index contributed by atoms with van der Waals surface area (Å²) in [6, 6.07) is 2.11. The summed E-state index contributed by atoms with van der Waals surface area (Å²) in [4.78, 5) is 16.0. The van der Waals surface area contributed by atoms with Crippen molar-refractivity contribution in [3.8, 4) is 5.75 Å². The first kappa shape index (κ1) is 23.5. The summed E-state index contributed by atoms with van der Waals surface area (Å²) in [6.07, 6.45) is -18.0. The number of esters is 1. The van der Waals surface area contributed by atoms with Crippen molar-refractivity contribution in [3.63, 3.8) is 0 Å². The molecule has 2 fully saturated rings. The molecule has 31 heavy (non-hydrogen) atoms. The van der Waals surface area contributed by atoms with Gasteiger partial charge in [0.1, 0.15) is 17.5 Å². The van der Waals surface area contributed by atoms with E-state index in [0.29, 0.717) is 25.9 Å². The number of carbonyl (C=O) groups excluding carboxylic acids is 1. The van der Waals surface area contributed by atoms with Gasteiger partial charge in [0.05, 0.1) is 12.1 Å². The second-order valence-electron chi connectivity index (χ2n) is 7.57. The lowest BCUT2D eigenvalue weighted by atomic mass is 9.54. The van der Waals surface area contributed by atoms with Crippen LogP contribution in [0.3, 0.4) is 0 Å². The van der Waals surface area contributed by atoms with Crippen molar-refractivity contribution >= 4 is 5.97 Å². The van der Waals surface area contributed by atoms with E-state index in [-0.39, 0.29) is 12.2 Å². The summed E-state index contributed by atoms with van der Waals surface area (Å²) < 4.78 is 112. The minimum Gasteiger partial charge on any atom is -0.488 e. The van der Waals surface area contributed by atoms with E-state index in [4.69, 9.17) is 4.74 Å². The van der Waals surface area contributed by atoms with E-state index in [1.54, 1.807) is 0 Å². The highest BCUT2D eigenvalue weighted by Crippen LogP contribution is 2.55. The van der Waals surface area contributed by atoms with Crippen LogP contribution in [0.15, 0.2) is 18.3 Å². The molecule has 174 valence electrons. The van der Waals surface area contributed by atoms with Crippen LogP contribution in [-0.4, -0.2) is 48.6 Å². The minimum absolute atomic E-state index is 0.0424. The molecule has 1 saturated heterocycles. The molecule has 0 radical (unpaired) electrons. The summed E-state index contributed by atoms with van der Waals surface area (Å²) >= 11 is 0. The summed E-state index contributed by atoms with van der Waals surface area (Å²) in [5, 5.41) is 3.00. The second-order valence-corrected chi connectivity index (χ2v) is 7.57. The van der Waals surface area contributed by atoms with Crippen LogP contribution in [0.2, 0.25) is 0 Å². The van der Waals surface area contributed by atoms with Crippen molar-refractivity contribution < 1.29 is 49.4 Å². The minimum atomic E-state index is -5.83. The topological polar surface area (TPSA) is 60.5 Å². The smallest absolute Gasteiger partial charge is 0.434 e. The number of alkyl halides is 8. The highest BCUT2D eigenvalue weighted by Gasteiger charge is 2.64. The predicted molar refractivity (Wildman–Crippen MR) is 88.2 cm³/mol. The van der Waals surface area contributed by atoms with Crippen molar-refractivity contribution in [1.82, 2.24) is 10.3 Å². The molecule has 1 saturated carbocycles. The molecular weight excluding hydrogens is 444 g/mol. The van der Waals surface area contributed by atoms with Gasteiger partial charge in [0.15, 0.2) is 0 Å². The van der Waals surface area contributed by atoms with Crippen LogP contribution in [-0.2, 0) is 9.53 Å². The molecule has 1 spiro atoms. The fourth-order valence-corrected chi connectivity index (χ4v) is 4.10. The fourth-order valence-electron chi connectivity index (χ4n) is 4.10. The monoisotopic (exact) mass is 462 g/mol. The van der Waals surface area contributed by atoms with Gasteiger partial charge in [-0.3, -0.25) is 9.78 Å². The molecule has 0 amide bonds. The van der Waals surface area contributed by atoms with Crippen LogP contribution in [0, 0.1) is 11.3 Å². The highest BCUT2D eigenvalue weighted by atomic mass is 19.4. The van der Waals surface area contributed by atoms with E-state index in [9.17, 15) is 39.9 Å². The van der Waals surface area contributed by atoms with E-state index in [2.05, 4.69) is 15.0 Å². The van der Waals surface area contributed by atoms with Gasteiger partial charge in [-0.05, 0) is 49.9 Å². The number of hydrogen-bond donors (Lipinski definition) is 1. The molecule has 1 aromatic rings. The van der Waals surface area contributed by atoms with Crippen LogP contribution in [0.5, 0.6) is 5.75 Å². The number of nitrogens with one attached hydrogen (secondary N) is 1. The van der Waals surface area contributed by atoms with Gasteiger partial charge < -0.3 is 14.8 Å². The lowest BCUT2D eigenvalue weighted by Crippen LogP contribution is -2.62. The van der Waals surface area contributed by atoms with E-state index in [1.807, 2.05) is 0 Å². The standard InChI is InChI=1S/C18H18F8N2O3/c19-13(20)10-2-1-9(8-28-10)30-11-7-16(3-5-27-6-4-16)12(11)14(29)31-15(17(21,22)23)18(24,25)26/h1-2,8,11-13,15,27H,3-7H2. The van der Waals surface area contributed by atoms with E-state index in [1.165, 1.54) is 0 Å². The fraction of sp³-hybridized carbons (Fsp3) is 0.667. The van der Waals surface area contributed by atoms with Gasteiger partial charge in [0.2, 0.25) is 0 Å². The third-order valence-corrected chi connectivity index (χ3v) is 5.59. The largest absolute Gasteiger partial charge is 0.488 e. The average molecular weight is 462 g/mol. The molecule has 2 heterocycles. The molecule has 2 atom stereocenters. The third kappa shape index (κ3) is 5.01. The Labute approximate surface area is 171 Å². The normalized spacial score (nSPS) is 23.7. The zero-order chi connectivity index (χ0) is 23.0. The molecule has 1 aliphatic carbocycles. The zero-order valence-electron chi connectivity index (χ0n) is 15.8. The third-order valence-electron chi connectivity index (χ3n) is 5.59. The van der Waals surface area contributed by atoms with E-state index in [0.717, 1.165) is 18.3 Å². The molecule has 2 unspecified atom stereocenters. The Morgan fingerprint density at radius 2 is 1.71 bits per heavy atom. The van der Waals surface area contributed by atoms with Crippen LogP contribution in [0.25, 0.3) is 0 Å². The molecule has 2 aliphatic rings. The SMILES string of the molecule is O=C(OC(C(F)(F)F)C(F)(F)F)C1C(Oc2ccc(C(F)F)nc2)CC12CCNCC2. The number of piperidine rings is 1. The maximum atomic E-state index is 12.8. The van der Waals surface area contributed by atoms with Gasteiger partial charge in [-0.25, -0.2) is 8.78 Å². The predicted octanol–water partition coefficient (Wildman–Crippen LogP) is 4.19. The Morgan fingerprint density at radius 3 is 2.19 bits per heavy atom. The molecule has 0 bridgehead atoms. The maximum absolute atomic E-state index is 12.8. The van der Waals surface area contributed by atoms with E-state index < -0.39 is 54.0 Å². The number of ether oxygens (including phenoxy) is 2. The Morgan fingerprint density at radius 1 is 1.10 bits per heavy atom. The summed E-state index contributed by atoms with van der Waals surface area (Å²) in [5.74, 6) is -3.08. The number of rotatable bonds is 5. The number of hydrogen-bond acceptors (Lipinski definition) is 5. The molecule has 13 heteroatoms. The van der Waals surface area contributed by atoms with Crippen molar-refractivity contribution in [2.75, 3.05) is 13.1 Å². The number of pyridine rings is 1. The molecule has 1 aromatic heterocycles. The molecular formula is C18H18F8N2O3. The van der Waals surface area contributed by atoms with Gasteiger partial charge in [-0.15, -0.1) is 0 Å². The highest BCUT2D eigenvalue weighted by molar-refractivity contribution is 5.76. The molecule has 1 aliphatic heterocycles. The van der Waals surface area contributed by atoms with Crippen LogP contribution >= 0.6 is 0 Å². The maximum Gasteiger partial charge on any atom is 0.434 e. The van der Waals surface area contributed by atoms with Crippen molar-refractivity contribution in [2.24, 2.45) is 11.3 Å². The first-order valence-electron chi connectivity index (χ1n) is 9.29. The Balaban J connectivity index is 1.80. The van der Waals surface area contributed by atoms with Gasteiger partial charge >= 0.3 is 18.3 Å². The van der Waals surface area contributed by atoms with Crippen LogP contribution in [0.4, 0.5) is 35.1 Å². The quantitative estimate of drug-likeness (QED) is 0.525. The van der Waals surface area contributed by atoms with E-state index >= 15 is 0 Å². The van der Waals surface area contributed by atoms with Crippen molar-refractivity contribution in [1.29, 1.82) is 0 Å². The first-order chi connectivity index (χ1) is 14.3. The lowest BCUT2D eigenvalue weighted by molar-refractivity contribution is -0.317. The zero-order valence-corrected chi connectivity index (χ0v) is 15.8. The molecule has 5 nitrogen and oxygen atoms in total. The molecule has 1 N–H and O–H groups in total. The Bertz CT molecular complexity index is 761. The number of carbonyl (C=O) groups is 1. The lowest BCUT2D eigenvalue weighted by Gasteiger charge is -2.55. The first-order valence-corrected chi connectivity index (χ1v) is 9.29. The van der Waals surface area contributed by atoms with Gasteiger partial charge in [-0.2, -0.15) is 26.3 Å². The number of nitrogens with zero attached hydrogens (tertiary/aromatic N) is 1. The Hall–Kier alpha value is -2.18. The van der Waals surface area contributed by atoms with Crippen LogP contribution in [0.1, 0.15) is 31.4 Å². The second kappa shape index (κ2) is 8.40. The molecule has 3 rings (SSSR count). The summed E-state index contributed by atoms with van der Waals surface area (Å²) in [7, 11) is 0.